The lowest BCUT2D eigenvalue weighted by atomic mass is 10.0. The van der Waals surface area contributed by atoms with Crippen LogP contribution >= 0.6 is 11.8 Å². The van der Waals surface area contributed by atoms with Crippen LogP contribution in [0.25, 0.3) is 0 Å². The summed E-state index contributed by atoms with van der Waals surface area (Å²) in [5, 5.41) is 12.1. The minimum absolute atomic E-state index is 0.134. The fourth-order valence-electron chi connectivity index (χ4n) is 2.37. The number of amides is 1. The number of nitrogens with one attached hydrogen (secondary N) is 2. The molecule has 1 aromatic heterocycles. The number of aromatic nitrogens is 1. The van der Waals surface area contributed by atoms with Crippen molar-refractivity contribution in [2.45, 2.75) is 31.7 Å². The largest absolute Gasteiger partial charge is 0.455 e. The topological polar surface area (TPSA) is 112 Å². The normalized spacial score (nSPS) is 10.4. The summed E-state index contributed by atoms with van der Waals surface area (Å²) in [7, 11) is 0. The third-order valence-corrected chi connectivity index (χ3v) is 4.85. The Morgan fingerprint density at radius 1 is 1.29 bits per heavy atom. The summed E-state index contributed by atoms with van der Waals surface area (Å²) in [5.74, 6) is -0.809. The van der Waals surface area contributed by atoms with Crippen molar-refractivity contribution in [3.8, 4) is 6.07 Å². The van der Waals surface area contributed by atoms with Crippen LogP contribution in [0.5, 0.6) is 0 Å². The van der Waals surface area contributed by atoms with E-state index in [-0.39, 0.29) is 11.3 Å². The zero-order valence-electron chi connectivity index (χ0n) is 15.9. The van der Waals surface area contributed by atoms with Crippen LogP contribution in [-0.2, 0) is 14.3 Å². The van der Waals surface area contributed by atoms with Gasteiger partial charge in [0.1, 0.15) is 6.07 Å². The molecule has 7 nitrogen and oxygen atoms in total. The molecule has 0 bridgehead atoms. The van der Waals surface area contributed by atoms with E-state index in [2.05, 4.69) is 24.1 Å². The zero-order valence-corrected chi connectivity index (χ0v) is 16.7. The first-order valence-corrected chi connectivity index (χ1v) is 9.61. The van der Waals surface area contributed by atoms with Crippen molar-refractivity contribution in [1.29, 1.82) is 5.26 Å². The first-order chi connectivity index (χ1) is 13.3. The van der Waals surface area contributed by atoms with Gasteiger partial charge < -0.3 is 15.0 Å². The van der Waals surface area contributed by atoms with Crippen LogP contribution in [0.3, 0.4) is 0 Å². The monoisotopic (exact) mass is 399 g/mol. The molecule has 1 aromatic carbocycles. The molecule has 0 atom stereocenters. The van der Waals surface area contributed by atoms with Crippen molar-refractivity contribution >= 4 is 29.3 Å². The molecule has 0 radical (unpaired) electrons. The van der Waals surface area contributed by atoms with E-state index in [1.165, 1.54) is 6.07 Å². The summed E-state index contributed by atoms with van der Waals surface area (Å²) in [4.78, 5) is 37.8. The fraction of sp³-hybridized carbons (Fsp3) is 0.300. The van der Waals surface area contributed by atoms with Crippen LogP contribution < -0.4 is 10.9 Å². The Labute approximate surface area is 167 Å². The molecule has 0 spiro atoms. The highest BCUT2D eigenvalue weighted by Gasteiger charge is 2.13. The second-order valence-electron chi connectivity index (χ2n) is 6.41. The molecule has 0 saturated heterocycles. The number of carbonyl (C=O) groups excluding carboxylic acids is 2. The van der Waals surface area contributed by atoms with Crippen molar-refractivity contribution < 1.29 is 14.3 Å². The minimum Gasteiger partial charge on any atom is -0.455 e. The standard InChI is InChI=1S/C20H21N3O4S/c1-12(2)14-4-6-15(7-5-14)22-18(25)10-27-19(26)11-28-20-16(9-21)13(3)8-17(24)23-20/h4-8,12H,10-11H2,1-3H3,(H,22,25)(H,23,24). The molecule has 2 aromatic rings. The van der Waals surface area contributed by atoms with Crippen LogP contribution in [0.4, 0.5) is 5.69 Å². The Hall–Kier alpha value is -3.05. The molecular formula is C20H21N3O4S. The lowest BCUT2D eigenvalue weighted by Gasteiger charge is -2.09. The number of thioether (sulfide) groups is 1. The van der Waals surface area contributed by atoms with Crippen molar-refractivity contribution in [3.63, 3.8) is 0 Å². The van der Waals surface area contributed by atoms with Gasteiger partial charge in [-0.3, -0.25) is 14.4 Å². The zero-order chi connectivity index (χ0) is 20.7. The SMILES string of the molecule is Cc1cc(=O)[nH]c(SCC(=O)OCC(=O)Nc2ccc(C(C)C)cc2)c1C#N. The Balaban J connectivity index is 1.83. The van der Waals surface area contributed by atoms with Gasteiger partial charge in [0.2, 0.25) is 5.56 Å². The van der Waals surface area contributed by atoms with Crippen LogP contribution in [0.1, 0.15) is 36.5 Å². The number of hydrogen-bond donors (Lipinski definition) is 2. The molecule has 146 valence electrons. The average Bonchev–Trinajstić information content (AvgIpc) is 2.64. The predicted molar refractivity (Wildman–Crippen MR) is 107 cm³/mol. The number of carbonyl (C=O) groups is 2. The van der Waals surface area contributed by atoms with Gasteiger partial charge in [-0.2, -0.15) is 5.26 Å². The second-order valence-corrected chi connectivity index (χ2v) is 7.39. The van der Waals surface area contributed by atoms with Gasteiger partial charge in [0, 0.05) is 11.8 Å². The maximum absolute atomic E-state index is 11.9. The molecule has 2 N–H and O–H groups in total. The summed E-state index contributed by atoms with van der Waals surface area (Å²) in [6, 6.07) is 10.8. The highest BCUT2D eigenvalue weighted by atomic mass is 32.2. The Kier molecular flexibility index (Phi) is 7.41. The summed E-state index contributed by atoms with van der Waals surface area (Å²) < 4.78 is 4.95. The van der Waals surface area contributed by atoms with Gasteiger partial charge in [0.05, 0.1) is 16.3 Å². The second kappa shape index (κ2) is 9.76. The van der Waals surface area contributed by atoms with E-state index in [1.54, 1.807) is 19.1 Å². The highest BCUT2D eigenvalue weighted by molar-refractivity contribution is 7.99. The first-order valence-electron chi connectivity index (χ1n) is 8.62. The third-order valence-electron chi connectivity index (χ3n) is 3.88. The van der Waals surface area contributed by atoms with Crippen molar-refractivity contribution in [3.05, 3.63) is 57.4 Å². The van der Waals surface area contributed by atoms with Gasteiger partial charge in [-0.05, 0) is 36.1 Å². The molecule has 1 heterocycles. The molecule has 28 heavy (non-hydrogen) atoms. The number of esters is 1. The van der Waals surface area contributed by atoms with E-state index in [9.17, 15) is 14.4 Å². The lowest BCUT2D eigenvalue weighted by molar-refractivity contribution is -0.144. The number of anilines is 1. The Morgan fingerprint density at radius 2 is 1.96 bits per heavy atom. The van der Waals surface area contributed by atoms with Gasteiger partial charge in [-0.1, -0.05) is 37.7 Å². The Morgan fingerprint density at radius 3 is 2.57 bits per heavy atom. The van der Waals surface area contributed by atoms with Crippen molar-refractivity contribution in [2.75, 3.05) is 17.7 Å². The maximum atomic E-state index is 11.9. The Bertz CT molecular complexity index is 959. The molecule has 0 unspecified atom stereocenters. The average molecular weight is 399 g/mol. The highest BCUT2D eigenvalue weighted by Crippen LogP contribution is 2.21. The number of H-pyrrole nitrogens is 1. The number of ether oxygens (including phenoxy) is 1. The van der Waals surface area contributed by atoms with E-state index in [4.69, 9.17) is 10.00 Å². The van der Waals surface area contributed by atoms with E-state index >= 15 is 0 Å². The number of benzene rings is 1. The summed E-state index contributed by atoms with van der Waals surface area (Å²) in [6.07, 6.45) is 0. The van der Waals surface area contributed by atoms with Crippen LogP contribution in [0.2, 0.25) is 0 Å². The van der Waals surface area contributed by atoms with Crippen molar-refractivity contribution in [2.24, 2.45) is 0 Å². The van der Waals surface area contributed by atoms with E-state index in [0.29, 0.717) is 27.8 Å². The molecule has 0 saturated carbocycles. The molecule has 2 rings (SSSR count). The number of pyridine rings is 1. The number of aryl methyl sites for hydroxylation is 1. The van der Waals surface area contributed by atoms with Gasteiger partial charge in [0.25, 0.3) is 5.91 Å². The summed E-state index contributed by atoms with van der Waals surface area (Å²) in [6.45, 7) is 5.39. The molecule has 0 aliphatic carbocycles. The fourth-order valence-corrected chi connectivity index (χ4v) is 3.24. The first kappa shape index (κ1) is 21.3. The maximum Gasteiger partial charge on any atom is 0.316 e. The van der Waals surface area contributed by atoms with E-state index in [0.717, 1.165) is 17.3 Å². The molecule has 0 fully saturated rings. The number of aromatic amines is 1. The molecule has 0 aliphatic rings. The number of nitrogens with zero attached hydrogens (tertiary/aromatic N) is 1. The molecule has 0 aliphatic heterocycles. The molecular weight excluding hydrogens is 378 g/mol. The number of hydrogen-bond acceptors (Lipinski definition) is 6. The summed E-state index contributed by atoms with van der Waals surface area (Å²) >= 11 is 0.984. The smallest absolute Gasteiger partial charge is 0.316 e. The predicted octanol–water partition coefficient (Wildman–Crippen LogP) is 2.95. The van der Waals surface area contributed by atoms with E-state index < -0.39 is 18.5 Å². The van der Waals surface area contributed by atoms with Crippen LogP contribution in [0, 0.1) is 18.3 Å². The lowest BCUT2D eigenvalue weighted by Crippen LogP contribution is -2.21. The van der Waals surface area contributed by atoms with Gasteiger partial charge >= 0.3 is 5.97 Å². The van der Waals surface area contributed by atoms with Gasteiger partial charge in [-0.25, -0.2) is 0 Å². The van der Waals surface area contributed by atoms with Crippen molar-refractivity contribution in [1.82, 2.24) is 4.98 Å². The van der Waals surface area contributed by atoms with Crippen LogP contribution in [0.15, 0.2) is 40.2 Å². The van der Waals surface area contributed by atoms with E-state index in [1.807, 2.05) is 18.2 Å². The minimum atomic E-state index is -0.624. The van der Waals surface area contributed by atoms with Crippen LogP contribution in [-0.4, -0.2) is 29.2 Å². The van der Waals surface area contributed by atoms with Gasteiger partial charge in [0.15, 0.2) is 6.61 Å². The number of nitriles is 1. The third kappa shape index (κ3) is 5.99. The van der Waals surface area contributed by atoms with Gasteiger partial charge in [-0.15, -0.1) is 0 Å². The quantitative estimate of drug-likeness (QED) is 0.547. The summed E-state index contributed by atoms with van der Waals surface area (Å²) in [5.41, 5.74) is 2.27. The molecule has 1 amide bonds. The number of rotatable bonds is 7. The molecule has 8 heteroatoms.